The standard InChI is InChI=1S/C26H25N9/c1-17-7-5-9-21(30-17)25-24(19-11-12-23-28-16-29-35(23)14-19)31-26(32-25)34(4)22-10-6-8-18(13-27)20(22)15-33(2)3/h5-12,14,16H,15H2,1-4H3,(H,31,32). The first-order valence-electron chi connectivity index (χ1n) is 11.2. The molecule has 0 bridgehead atoms. The molecule has 1 N–H and O–H groups in total. The lowest BCUT2D eigenvalue weighted by Crippen LogP contribution is -2.18. The summed E-state index contributed by atoms with van der Waals surface area (Å²) in [5.74, 6) is 0.645. The van der Waals surface area contributed by atoms with Gasteiger partial charge in [-0.1, -0.05) is 12.1 Å². The Morgan fingerprint density at radius 2 is 1.86 bits per heavy atom. The first-order valence-corrected chi connectivity index (χ1v) is 11.2. The van der Waals surface area contributed by atoms with E-state index in [0.29, 0.717) is 18.1 Å². The fourth-order valence-corrected chi connectivity index (χ4v) is 4.14. The van der Waals surface area contributed by atoms with Crippen LogP contribution >= 0.6 is 0 Å². The number of nitrogens with zero attached hydrogens (tertiary/aromatic N) is 8. The fourth-order valence-electron chi connectivity index (χ4n) is 4.14. The van der Waals surface area contributed by atoms with Crippen molar-refractivity contribution < 1.29 is 0 Å². The molecule has 9 heteroatoms. The first kappa shape index (κ1) is 22.3. The Morgan fingerprint density at radius 3 is 2.63 bits per heavy atom. The molecule has 9 nitrogen and oxygen atoms in total. The molecule has 174 valence electrons. The summed E-state index contributed by atoms with van der Waals surface area (Å²) in [6.07, 6.45) is 3.44. The number of anilines is 2. The number of H-pyrrole nitrogens is 1. The molecule has 4 heterocycles. The van der Waals surface area contributed by atoms with E-state index in [1.165, 1.54) is 6.33 Å². The third-order valence-corrected chi connectivity index (χ3v) is 5.81. The van der Waals surface area contributed by atoms with Gasteiger partial charge in [0.1, 0.15) is 12.0 Å². The number of nitrogens with one attached hydrogen (secondary N) is 1. The molecular weight excluding hydrogens is 438 g/mol. The van der Waals surface area contributed by atoms with Crippen molar-refractivity contribution in [1.29, 1.82) is 5.26 Å². The quantitative estimate of drug-likeness (QED) is 0.403. The maximum Gasteiger partial charge on any atom is 0.208 e. The highest BCUT2D eigenvalue weighted by Crippen LogP contribution is 2.35. The number of fused-ring (bicyclic) bond motifs is 1. The van der Waals surface area contributed by atoms with Gasteiger partial charge in [-0.3, -0.25) is 4.98 Å². The van der Waals surface area contributed by atoms with Crippen molar-refractivity contribution in [1.82, 2.24) is 34.4 Å². The number of rotatable bonds is 6. The van der Waals surface area contributed by atoms with E-state index in [0.717, 1.165) is 45.2 Å². The largest absolute Gasteiger partial charge is 0.322 e. The Balaban J connectivity index is 1.67. The SMILES string of the molecule is Cc1cccc(-c2[nH]c(N(C)c3cccc(C#N)c3CN(C)C)nc2-c2ccc3ncnn3c2)n1. The summed E-state index contributed by atoms with van der Waals surface area (Å²) in [5, 5.41) is 14.0. The van der Waals surface area contributed by atoms with E-state index in [1.54, 1.807) is 4.52 Å². The molecule has 35 heavy (non-hydrogen) atoms. The second-order valence-electron chi connectivity index (χ2n) is 8.64. The van der Waals surface area contributed by atoms with Crippen LogP contribution < -0.4 is 4.90 Å². The normalized spacial score (nSPS) is 11.2. The second-order valence-corrected chi connectivity index (χ2v) is 8.64. The molecule has 5 aromatic rings. The Labute approximate surface area is 203 Å². The lowest BCUT2D eigenvalue weighted by molar-refractivity contribution is 0.402. The van der Waals surface area contributed by atoms with Crippen molar-refractivity contribution in [2.75, 3.05) is 26.0 Å². The molecule has 4 aromatic heterocycles. The number of aromatic nitrogens is 6. The lowest BCUT2D eigenvalue weighted by Gasteiger charge is -2.22. The molecule has 0 radical (unpaired) electrons. The third-order valence-electron chi connectivity index (χ3n) is 5.81. The summed E-state index contributed by atoms with van der Waals surface area (Å²) in [4.78, 5) is 21.5. The second kappa shape index (κ2) is 9.00. The number of benzene rings is 1. The molecule has 0 amide bonds. The van der Waals surface area contributed by atoms with Crippen LogP contribution in [0, 0.1) is 18.3 Å². The highest BCUT2D eigenvalue weighted by molar-refractivity contribution is 5.80. The molecule has 0 saturated heterocycles. The van der Waals surface area contributed by atoms with E-state index in [2.05, 4.69) is 26.0 Å². The zero-order chi connectivity index (χ0) is 24.5. The van der Waals surface area contributed by atoms with Crippen molar-refractivity contribution in [2.24, 2.45) is 0 Å². The minimum Gasteiger partial charge on any atom is -0.322 e. The maximum atomic E-state index is 9.72. The lowest BCUT2D eigenvalue weighted by atomic mass is 10.1. The Morgan fingerprint density at radius 1 is 1.03 bits per heavy atom. The number of imidazole rings is 1. The average molecular weight is 464 g/mol. The third kappa shape index (κ3) is 4.23. The molecule has 0 atom stereocenters. The average Bonchev–Trinajstić information content (AvgIpc) is 3.50. The molecule has 0 aliphatic rings. The molecule has 0 saturated carbocycles. The molecule has 0 fully saturated rings. The highest BCUT2D eigenvalue weighted by atomic mass is 15.3. The molecule has 1 aromatic carbocycles. The van der Waals surface area contributed by atoms with Crippen LogP contribution in [0.4, 0.5) is 11.6 Å². The van der Waals surface area contributed by atoms with Crippen molar-refractivity contribution in [3.05, 3.63) is 77.9 Å². The summed E-state index contributed by atoms with van der Waals surface area (Å²) in [7, 11) is 5.93. The topological polar surface area (TPSA) is 102 Å². The van der Waals surface area contributed by atoms with E-state index in [1.807, 2.05) is 87.7 Å². The van der Waals surface area contributed by atoms with E-state index in [9.17, 15) is 5.26 Å². The van der Waals surface area contributed by atoms with E-state index in [4.69, 9.17) is 9.97 Å². The van der Waals surface area contributed by atoms with Gasteiger partial charge in [0.2, 0.25) is 5.95 Å². The van der Waals surface area contributed by atoms with Gasteiger partial charge in [0, 0.05) is 42.3 Å². The van der Waals surface area contributed by atoms with Gasteiger partial charge in [-0.15, -0.1) is 0 Å². The van der Waals surface area contributed by atoms with E-state index in [-0.39, 0.29) is 0 Å². The van der Waals surface area contributed by atoms with Crippen molar-refractivity contribution in [2.45, 2.75) is 13.5 Å². The van der Waals surface area contributed by atoms with Gasteiger partial charge in [0.15, 0.2) is 5.65 Å². The number of pyridine rings is 2. The molecule has 0 aliphatic heterocycles. The predicted molar refractivity (Wildman–Crippen MR) is 135 cm³/mol. The molecule has 0 unspecified atom stereocenters. The zero-order valence-corrected chi connectivity index (χ0v) is 20.1. The van der Waals surface area contributed by atoms with Gasteiger partial charge in [0.25, 0.3) is 0 Å². The summed E-state index contributed by atoms with van der Waals surface area (Å²) in [6.45, 7) is 2.60. The van der Waals surface area contributed by atoms with Crippen LogP contribution in [0.15, 0.2) is 61.1 Å². The Kier molecular flexibility index (Phi) is 5.73. The van der Waals surface area contributed by atoms with Crippen molar-refractivity contribution in [3.8, 4) is 28.7 Å². The van der Waals surface area contributed by atoms with Gasteiger partial charge in [-0.05, 0) is 57.4 Å². The summed E-state index contributed by atoms with van der Waals surface area (Å²) in [5.41, 5.74) is 7.42. The van der Waals surface area contributed by atoms with Gasteiger partial charge < -0.3 is 14.8 Å². The van der Waals surface area contributed by atoms with E-state index >= 15 is 0 Å². The number of hydrogen-bond acceptors (Lipinski definition) is 7. The number of hydrogen-bond donors (Lipinski definition) is 1. The predicted octanol–water partition coefficient (Wildman–Crippen LogP) is 4.19. The van der Waals surface area contributed by atoms with Crippen molar-refractivity contribution in [3.63, 3.8) is 0 Å². The molecule has 5 rings (SSSR count). The molecule has 0 spiro atoms. The molecule has 0 aliphatic carbocycles. The van der Waals surface area contributed by atoms with Crippen LogP contribution in [-0.2, 0) is 6.54 Å². The summed E-state index contributed by atoms with van der Waals surface area (Å²) >= 11 is 0. The minimum atomic E-state index is 0.631. The van der Waals surface area contributed by atoms with Crippen LogP contribution in [0.1, 0.15) is 16.8 Å². The van der Waals surface area contributed by atoms with Crippen LogP contribution in [0.3, 0.4) is 0 Å². The van der Waals surface area contributed by atoms with Crippen LogP contribution in [0.2, 0.25) is 0 Å². The first-order chi connectivity index (χ1) is 16.9. The van der Waals surface area contributed by atoms with Crippen molar-refractivity contribution >= 4 is 17.3 Å². The van der Waals surface area contributed by atoms with Crippen LogP contribution in [0.25, 0.3) is 28.3 Å². The Hall–Kier alpha value is -4.55. The maximum absolute atomic E-state index is 9.72. The minimum absolute atomic E-state index is 0.631. The van der Waals surface area contributed by atoms with Crippen LogP contribution in [0.5, 0.6) is 0 Å². The van der Waals surface area contributed by atoms with Gasteiger partial charge in [-0.25, -0.2) is 14.5 Å². The monoisotopic (exact) mass is 463 g/mol. The summed E-state index contributed by atoms with van der Waals surface area (Å²) in [6, 6.07) is 17.9. The zero-order valence-electron chi connectivity index (χ0n) is 20.1. The van der Waals surface area contributed by atoms with Gasteiger partial charge in [0.05, 0.1) is 23.0 Å². The number of aromatic amines is 1. The number of aryl methyl sites for hydroxylation is 1. The smallest absolute Gasteiger partial charge is 0.208 e. The summed E-state index contributed by atoms with van der Waals surface area (Å²) < 4.78 is 1.73. The van der Waals surface area contributed by atoms with E-state index < -0.39 is 0 Å². The molecular formula is C26H25N9. The van der Waals surface area contributed by atoms with Crippen LogP contribution in [-0.4, -0.2) is 55.6 Å². The van der Waals surface area contributed by atoms with Gasteiger partial charge in [-0.2, -0.15) is 10.4 Å². The number of nitriles is 1. The van der Waals surface area contributed by atoms with Gasteiger partial charge >= 0.3 is 0 Å². The Bertz CT molecular complexity index is 1550. The highest BCUT2D eigenvalue weighted by Gasteiger charge is 2.21. The fraction of sp³-hybridized carbons (Fsp3) is 0.192.